The highest BCUT2D eigenvalue weighted by Crippen LogP contribution is 2.33. The average molecular weight is 305 g/mol. The standard InChI is InChI=1S/C18H15N3O2/c1-22-15-10-12-6-4-3-5-11(12)9-13(15)17-19-14-7-8-16(23-2)20-18(14)21-17/h3-10H,1-2H3,(H,19,20,21). The van der Waals surface area contributed by atoms with Crippen molar-refractivity contribution >= 4 is 21.9 Å². The number of nitrogens with one attached hydrogen (secondary N) is 1. The first-order valence-corrected chi connectivity index (χ1v) is 7.26. The number of methoxy groups -OCH3 is 2. The van der Waals surface area contributed by atoms with Gasteiger partial charge in [-0.1, -0.05) is 24.3 Å². The van der Waals surface area contributed by atoms with Gasteiger partial charge in [0.2, 0.25) is 5.88 Å². The highest BCUT2D eigenvalue weighted by Gasteiger charge is 2.13. The van der Waals surface area contributed by atoms with Crippen molar-refractivity contribution in [2.45, 2.75) is 0 Å². The van der Waals surface area contributed by atoms with Crippen LogP contribution in [0, 0.1) is 0 Å². The Morgan fingerprint density at radius 1 is 0.870 bits per heavy atom. The molecule has 0 aliphatic rings. The number of aromatic amines is 1. The van der Waals surface area contributed by atoms with Crippen molar-refractivity contribution in [3.05, 3.63) is 48.5 Å². The molecule has 23 heavy (non-hydrogen) atoms. The van der Waals surface area contributed by atoms with Gasteiger partial charge < -0.3 is 14.5 Å². The lowest BCUT2D eigenvalue weighted by molar-refractivity contribution is 0.399. The van der Waals surface area contributed by atoms with Crippen molar-refractivity contribution in [2.75, 3.05) is 14.2 Å². The molecule has 1 N–H and O–H groups in total. The van der Waals surface area contributed by atoms with Gasteiger partial charge in [0.05, 0.1) is 25.3 Å². The fraction of sp³-hybridized carbons (Fsp3) is 0.111. The van der Waals surface area contributed by atoms with Gasteiger partial charge in [-0.25, -0.2) is 4.98 Å². The molecule has 5 heteroatoms. The normalized spacial score (nSPS) is 11.0. The third kappa shape index (κ3) is 2.26. The van der Waals surface area contributed by atoms with Gasteiger partial charge in [-0.2, -0.15) is 4.98 Å². The summed E-state index contributed by atoms with van der Waals surface area (Å²) in [5.41, 5.74) is 2.38. The number of aromatic nitrogens is 3. The van der Waals surface area contributed by atoms with Crippen molar-refractivity contribution in [3.8, 4) is 23.0 Å². The quantitative estimate of drug-likeness (QED) is 0.625. The molecule has 0 atom stereocenters. The molecule has 0 saturated carbocycles. The smallest absolute Gasteiger partial charge is 0.215 e. The largest absolute Gasteiger partial charge is 0.496 e. The molecule has 5 nitrogen and oxygen atoms in total. The zero-order chi connectivity index (χ0) is 15.8. The van der Waals surface area contributed by atoms with Gasteiger partial charge in [0.15, 0.2) is 5.65 Å². The Bertz CT molecular complexity index is 1010. The van der Waals surface area contributed by atoms with E-state index in [1.807, 2.05) is 30.3 Å². The summed E-state index contributed by atoms with van der Waals surface area (Å²) in [6.07, 6.45) is 0. The Kier molecular flexibility index (Phi) is 3.12. The summed E-state index contributed by atoms with van der Waals surface area (Å²) in [6.45, 7) is 0. The summed E-state index contributed by atoms with van der Waals surface area (Å²) >= 11 is 0. The van der Waals surface area contributed by atoms with E-state index in [4.69, 9.17) is 9.47 Å². The van der Waals surface area contributed by atoms with E-state index in [2.05, 4.69) is 33.2 Å². The van der Waals surface area contributed by atoms with Crippen LogP contribution in [0.15, 0.2) is 48.5 Å². The molecule has 2 heterocycles. The first-order valence-electron chi connectivity index (χ1n) is 7.26. The van der Waals surface area contributed by atoms with Gasteiger partial charge in [-0.15, -0.1) is 0 Å². The van der Waals surface area contributed by atoms with Crippen LogP contribution in [0.2, 0.25) is 0 Å². The lowest BCUT2D eigenvalue weighted by atomic mass is 10.1. The minimum atomic E-state index is 0.543. The van der Waals surface area contributed by atoms with Crippen LogP contribution in [0.1, 0.15) is 0 Å². The van der Waals surface area contributed by atoms with Gasteiger partial charge in [0, 0.05) is 6.07 Å². The van der Waals surface area contributed by atoms with Gasteiger partial charge in [-0.05, 0) is 29.0 Å². The van der Waals surface area contributed by atoms with Gasteiger partial charge in [0.25, 0.3) is 0 Å². The monoisotopic (exact) mass is 305 g/mol. The number of ether oxygens (including phenoxy) is 2. The maximum atomic E-state index is 5.54. The molecule has 0 aliphatic heterocycles. The lowest BCUT2D eigenvalue weighted by Gasteiger charge is -2.08. The van der Waals surface area contributed by atoms with Crippen molar-refractivity contribution in [1.82, 2.24) is 15.0 Å². The van der Waals surface area contributed by atoms with Crippen LogP contribution >= 0.6 is 0 Å². The van der Waals surface area contributed by atoms with Gasteiger partial charge >= 0.3 is 0 Å². The Morgan fingerprint density at radius 2 is 1.65 bits per heavy atom. The van der Waals surface area contributed by atoms with Gasteiger partial charge in [-0.3, -0.25) is 0 Å². The summed E-state index contributed by atoms with van der Waals surface area (Å²) in [6, 6.07) is 16.0. The molecule has 0 aliphatic carbocycles. The van der Waals surface area contributed by atoms with Crippen LogP contribution in [0.25, 0.3) is 33.3 Å². The summed E-state index contributed by atoms with van der Waals surface area (Å²) in [7, 11) is 3.26. The zero-order valence-electron chi connectivity index (χ0n) is 12.8. The van der Waals surface area contributed by atoms with Gasteiger partial charge in [0.1, 0.15) is 11.6 Å². The molecule has 2 aromatic heterocycles. The van der Waals surface area contributed by atoms with Crippen LogP contribution in [-0.4, -0.2) is 29.2 Å². The number of fused-ring (bicyclic) bond motifs is 2. The third-order valence-electron chi connectivity index (χ3n) is 3.85. The van der Waals surface area contributed by atoms with Crippen LogP contribution in [0.5, 0.6) is 11.6 Å². The Hall–Kier alpha value is -3.08. The van der Waals surface area contributed by atoms with E-state index in [0.717, 1.165) is 33.4 Å². The molecule has 0 unspecified atom stereocenters. The third-order valence-corrected chi connectivity index (χ3v) is 3.85. The molecule has 4 aromatic rings. The van der Waals surface area contributed by atoms with Crippen molar-refractivity contribution in [2.24, 2.45) is 0 Å². The highest BCUT2D eigenvalue weighted by molar-refractivity contribution is 5.90. The van der Waals surface area contributed by atoms with Crippen LogP contribution in [-0.2, 0) is 0 Å². The lowest BCUT2D eigenvalue weighted by Crippen LogP contribution is -1.90. The van der Waals surface area contributed by atoms with E-state index in [1.54, 1.807) is 14.2 Å². The van der Waals surface area contributed by atoms with E-state index in [1.165, 1.54) is 0 Å². The molecule has 0 bridgehead atoms. The second-order valence-corrected chi connectivity index (χ2v) is 5.21. The highest BCUT2D eigenvalue weighted by atomic mass is 16.5. The van der Waals surface area contributed by atoms with Crippen LogP contribution in [0.3, 0.4) is 0 Å². The maximum absolute atomic E-state index is 5.54. The Morgan fingerprint density at radius 3 is 2.39 bits per heavy atom. The summed E-state index contributed by atoms with van der Waals surface area (Å²) < 4.78 is 10.7. The number of hydrogen-bond acceptors (Lipinski definition) is 4. The van der Waals surface area contributed by atoms with Crippen molar-refractivity contribution in [3.63, 3.8) is 0 Å². The van der Waals surface area contributed by atoms with E-state index in [0.29, 0.717) is 11.5 Å². The number of hydrogen-bond donors (Lipinski definition) is 1. The molecular formula is C18H15N3O2. The van der Waals surface area contributed by atoms with E-state index in [9.17, 15) is 0 Å². The fourth-order valence-electron chi connectivity index (χ4n) is 2.69. The number of pyridine rings is 1. The number of imidazole rings is 1. The minimum absolute atomic E-state index is 0.543. The molecular weight excluding hydrogens is 290 g/mol. The first-order chi connectivity index (χ1) is 11.3. The second kappa shape index (κ2) is 5.28. The second-order valence-electron chi connectivity index (χ2n) is 5.21. The molecule has 0 saturated heterocycles. The van der Waals surface area contributed by atoms with E-state index in [-0.39, 0.29) is 0 Å². The molecule has 4 rings (SSSR count). The predicted octanol–water partition coefficient (Wildman–Crippen LogP) is 3.80. The molecule has 0 fully saturated rings. The predicted molar refractivity (Wildman–Crippen MR) is 89.9 cm³/mol. The van der Waals surface area contributed by atoms with Crippen LogP contribution < -0.4 is 9.47 Å². The molecule has 0 radical (unpaired) electrons. The minimum Gasteiger partial charge on any atom is -0.496 e. The topological polar surface area (TPSA) is 60.0 Å². The maximum Gasteiger partial charge on any atom is 0.215 e. The van der Waals surface area contributed by atoms with Crippen molar-refractivity contribution in [1.29, 1.82) is 0 Å². The first kappa shape index (κ1) is 13.6. The molecule has 114 valence electrons. The SMILES string of the molecule is COc1ccc2[nH]c(-c3cc4ccccc4cc3OC)nc2n1. The Labute approximate surface area is 132 Å². The van der Waals surface area contributed by atoms with Crippen LogP contribution in [0.4, 0.5) is 0 Å². The zero-order valence-corrected chi connectivity index (χ0v) is 12.8. The number of H-pyrrole nitrogens is 1. The Balaban J connectivity index is 1.93. The summed E-state index contributed by atoms with van der Waals surface area (Å²) in [5.74, 6) is 2.04. The molecule has 0 spiro atoms. The number of rotatable bonds is 3. The molecule has 2 aromatic carbocycles. The van der Waals surface area contributed by atoms with Crippen molar-refractivity contribution < 1.29 is 9.47 Å². The number of benzene rings is 2. The van der Waals surface area contributed by atoms with E-state index >= 15 is 0 Å². The fourth-order valence-corrected chi connectivity index (χ4v) is 2.69. The average Bonchev–Trinajstić information content (AvgIpc) is 3.03. The summed E-state index contributed by atoms with van der Waals surface area (Å²) in [5, 5.41) is 2.26. The number of nitrogens with zero attached hydrogens (tertiary/aromatic N) is 2. The van der Waals surface area contributed by atoms with E-state index < -0.39 is 0 Å². The summed E-state index contributed by atoms with van der Waals surface area (Å²) in [4.78, 5) is 12.2. The molecule has 0 amide bonds.